The summed E-state index contributed by atoms with van der Waals surface area (Å²) in [5.41, 5.74) is 1.03. The maximum absolute atomic E-state index is 6.10. The summed E-state index contributed by atoms with van der Waals surface area (Å²) in [7, 11) is 0. The van der Waals surface area contributed by atoms with Gasteiger partial charge in [0.15, 0.2) is 0 Å². The maximum atomic E-state index is 6.10. The van der Waals surface area contributed by atoms with Crippen molar-refractivity contribution in [2.45, 2.75) is 72.3 Å². The summed E-state index contributed by atoms with van der Waals surface area (Å²) in [4.78, 5) is 9.38. The predicted molar refractivity (Wildman–Crippen MR) is 87.1 cm³/mol. The molecule has 1 aliphatic rings. The smallest absolute Gasteiger partial charge is 0.222 e. The molecule has 1 saturated carbocycles. The Morgan fingerprint density at radius 2 is 1.95 bits per heavy atom. The molecule has 1 fully saturated rings. The molecule has 1 aliphatic carbocycles. The van der Waals surface area contributed by atoms with Crippen LogP contribution >= 0.6 is 0 Å². The van der Waals surface area contributed by atoms with Crippen LogP contribution in [0.3, 0.4) is 0 Å². The maximum Gasteiger partial charge on any atom is 0.222 e. The Morgan fingerprint density at radius 1 is 1.24 bits per heavy atom. The van der Waals surface area contributed by atoms with E-state index in [-0.39, 0.29) is 6.10 Å². The Morgan fingerprint density at radius 3 is 2.52 bits per heavy atom. The van der Waals surface area contributed by atoms with Crippen LogP contribution in [0.25, 0.3) is 0 Å². The van der Waals surface area contributed by atoms with Crippen molar-refractivity contribution in [3.8, 4) is 5.88 Å². The fraction of sp³-hybridized carbons (Fsp3) is 0.765. The number of nitrogens with one attached hydrogen (secondary N) is 1. The van der Waals surface area contributed by atoms with Crippen LogP contribution in [-0.2, 0) is 0 Å². The average molecular weight is 291 g/mol. The Bertz CT molecular complexity index is 469. The summed E-state index contributed by atoms with van der Waals surface area (Å²) < 4.78 is 6.10. The summed E-state index contributed by atoms with van der Waals surface area (Å²) in [5.74, 6) is 3.82. The van der Waals surface area contributed by atoms with Gasteiger partial charge in [0.25, 0.3) is 0 Å². The topological polar surface area (TPSA) is 47.0 Å². The van der Waals surface area contributed by atoms with Crippen LogP contribution in [-0.4, -0.2) is 22.6 Å². The molecule has 1 N–H and O–H groups in total. The molecular formula is C17H29N3O. The lowest BCUT2D eigenvalue weighted by molar-refractivity contribution is 0.183. The minimum absolute atomic E-state index is 0.185. The first-order valence-electron chi connectivity index (χ1n) is 8.30. The molecule has 0 spiro atoms. The highest BCUT2D eigenvalue weighted by atomic mass is 16.5. The van der Waals surface area contributed by atoms with Gasteiger partial charge in [0.2, 0.25) is 5.88 Å². The number of aromatic nitrogens is 2. The lowest BCUT2D eigenvalue weighted by atomic mass is 10.1. The van der Waals surface area contributed by atoms with E-state index in [1.807, 2.05) is 6.92 Å². The van der Waals surface area contributed by atoms with Gasteiger partial charge in [-0.1, -0.05) is 20.8 Å². The zero-order valence-corrected chi connectivity index (χ0v) is 14.1. The fourth-order valence-electron chi connectivity index (χ4n) is 2.47. The third kappa shape index (κ3) is 4.58. The van der Waals surface area contributed by atoms with E-state index >= 15 is 0 Å². The zero-order chi connectivity index (χ0) is 15.4. The van der Waals surface area contributed by atoms with Gasteiger partial charge in [-0.3, -0.25) is 0 Å². The van der Waals surface area contributed by atoms with Crippen molar-refractivity contribution >= 4 is 5.82 Å². The van der Waals surface area contributed by atoms with Crippen molar-refractivity contribution in [1.82, 2.24) is 9.97 Å². The van der Waals surface area contributed by atoms with E-state index in [0.29, 0.717) is 11.8 Å². The number of ether oxygens (including phenoxy) is 1. The normalized spacial score (nSPS) is 16.1. The summed E-state index contributed by atoms with van der Waals surface area (Å²) in [5, 5.41) is 3.41. The van der Waals surface area contributed by atoms with E-state index in [9.17, 15) is 0 Å². The van der Waals surface area contributed by atoms with Crippen molar-refractivity contribution in [3.63, 3.8) is 0 Å². The first-order chi connectivity index (χ1) is 10.0. The molecule has 1 atom stereocenters. The molecular weight excluding hydrogens is 262 g/mol. The summed E-state index contributed by atoms with van der Waals surface area (Å²) in [6, 6.07) is 0. The Balaban J connectivity index is 2.19. The van der Waals surface area contributed by atoms with Gasteiger partial charge in [0.05, 0.1) is 11.7 Å². The number of hydrogen-bond donors (Lipinski definition) is 1. The van der Waals surface area contributed by atoms with Gasteiger partial charge in [0.1, 0.15) is 11.6 Å². The molecule has 2 rings (SSSR count). The first-order valence-corrected chi connectivity index (χ1v) is 8.30. The largest absolute Gasteiger partial charge is 0.474 e. The van der Waals surface area contributed by atoms with E-state index < -0.39 is 0 Å². The Kier molecular flexibility index (Phi) is 5.43. The zero-order valence-electron chi connectivity index (χ0n) is 14.1. The minimum atomic E-state index is 0.185. The van der Waals surface area contributed by atoms with Gasteiger partial charge in [-0.25, -0.2) is 4.98 Å². The third-order valence-corrected chi connectivity index (χ3v) is 3.72. The number of nitrogens with zero attached hydrogens (tertiary/aromatic N) is 2. The summed E-state index contributed by atoms with van der Waals surface area (Å²) in [6.45, 7) is 11.7. The van der Waals surface area contributed by atoms with Crippen LogP contribution in [0.2, 0.25) is 0 Å². The number of rotatable bonds is 8. The van der Waals surface area contributed by atoms with Gasteiger partial charge in [-0.05, 0) is 45.4 Å². The van der Waals surface area contributed by atoms with Crippen LogP contribution in [0.5, 0.6) is 5.88 Å². The highest BCUT2D eigenvalue weighted by molar-refractivity contribution is 5.49. The quantitative estimate of drug-likeness (QED) is 0.776. The summed E-state index contributed by atoms with van der Waals surface area (Å²) >= 11 is 0. The number of hydrogen-bond acceptors (Lipinski definition) is 4. The van der Waals surface area contributed by atoms with Gasteiger partial charge in [0, 0.05) is 12.5 Å². The van der Waals surface area contributed by atoms with Gasteiger partial charge in [-0.2, -0.15) is 4.98 Å². The second-order valence-electron chi connectivity index (χ2n) is 6.62. The molecule has 0 amide bonds. The molecule has 1 aromatic heterocycles. The molecule has 1 heterocycles. The lowest BCUT2D eigenvalue weighted by Crippen LogP contribution is -2.17. The monoisotopic (exact) mass is 291 g/mol. The lowest BCUT2D eigenvalue weighted by Gasteiger charge is -2.19. The van der Waals surface area contributed by atoms with Crippen LogP contribution in [0, 0.1) is 12.8 Å². The summed E-state index contributed by atoms with van der Waals surface area (Å²) in [6.07, 6.45) is 4.72. The second kappa shape index (κ2) is 7.10. The molecule has 4 nitrogen and oxygen atoms in total. The molecule has 1 unspecified atom stereocenters. The molecule has 0 aliphatic heterocycles. The van der Waals surface area contributed by atoms with E-state index in [4.69, 9.17) is 9.72 Å². The first kappa shape index (κ1) is 16.1. The highest BCUT2D eigenvalue weighted by Crippen LogP contribution is 2.40. The van der Waals surface area contributed by atoms with Crippen molar-refractivity contribution in [1.29, 1.82) is 0 Å². The molecule has 118 valence electrons. The van der Waals surface area contributed by atoms with Crippen molar-refractivity contribution < 1.29 is 4.74 Å². The molecule has 21 heavy (non-hydrogen) atoms. The number of anilines is 1. The van der Waals surface area contributed by atoms with Crippen LogP contribution in [0.15, 0.2) is 0 Å². The predicted octanol–water partition coefficient (Wildman–Crippen LogP) is 4.30. The molecule has 0 aromatic carbocycles. The van der Waals surface area contributed by atoms with Crippen molar-refractivity contribution in [2.75, 3.05) is 11.9 Å². The van der Waals surface area contributed by atoms with E-state index in [1.165, 1.54) is 12.8 Å². The SMILES string of the molecule is CCCNc1nc(C2CC2)nc(OC(C)CC(C)C)c1C. The van der Waals surface area contributed by atoms with Crippen LogP contribution < -0.4 is 10.1 Å². The molecule has 0 saturated heterocycles. The molecule has 0 radical (unpaired) electrons. The van der Waals surface area contributed by atoms with Crippen molar-refractivity contribution in [2.24, 2.45) is 5.92 Å². The van der Waals surface area contributed by atoms with Crippen LogP contribution in [0.1, 0.15) is 70.7 Å². The highest BCUT2D eigenvalue weighted by Gasteiger charge is 2.28. The average Bonchev–Trinajstić information content (AvgIpc) is 3.23. The van der Waals surface area contributed by atoms with Gasteiger partial charge in [-0.15, -0.1) is 0 Å². The Hall–Kier alpha value is -1.32. The van der Waals surface area contributed by atoms with Gasteiger partial charge >= 0.3 is 0 Å². The van der Waals surface area contributed by atoms with E-state index in [1.54, 1.807) is 0 Å². The second-order valence-corrected chi connectivity index (χ2v) is 6.62. The minimum Gasteiger partial charge on any atom is -0.474 e. The molecule has 1 aromatic rings. The van der Waals surface area contributed by atoms with E-state index in [0.717, 1.165) is 42.5 Å². The van der Waals surface area contributed by atoms with Crippen molar-refractivity contribution in [3.05, 3.63) is 11.4 Å². The Labute approximate surface area is 128 Å². The standard InChI is InChI=1S/C17H29N3O/c1-6-9-18-15-13(5)17(21-12(4)10-11(2)3)20-16(19-15)14-7-8-14/h11-12,14H,6-10H2,1-5H3,(H,18,19,20). The van der Waals surface area contributed by atoms with E-state index in [2.05, 4.69) is 38.0 Å². The molecule has 0 bridgehead atoms. The van der Waals surface area contributed by atoms with Gasteiger partial charge < -0.3 is 10.1 Å². The third-order valence-electron chi connectivity index (χ3n) is 3.72. The molecule has 4 heteroatoms. The van der Waals surface area contributed by atoms with Crippen LogP contribution in [0.4, 0.5) is 5.82 Å². The fourth-order valence-corrected chi connectivity index (χ4v) is 2.47.